The Morgan fingerprint density at radius 2 is 1.73 bits per heavy atom. The maximum Gasteiger partial charge on any atom is 0.257 e. The van der Waals surface area contributed by atoms with Crippen LogP contribution < -0.4 is 10.2 Å². The molecule has 0 saturated carbocycles. The maximum absolute atomic E-state index is 13.0. The third-order valence-corrected chi connectivity index (χ3v) is 7.75. The zero-order valence-electron chi connectivity index (χ0n) is 17.4. The molecule has 1 saturated heterocycles. The van der Waals surface area contributed by atoms with Crippen molar-refractivity contribution in [3.8, 4) is 0 Å². The lowest BCUT2D eigenvalue weighted by Crippen LogP contribution is -2.31. The van der Waals surface area contributed by atoms with Crippen LogP contribution in [0.25, 0.3) is 0 Å². The van der Waals surface area contributed by atoms with Crippen molar-refractivity contribution in [3.05, 3.63) is 53.1 Å². The smallest absolute Gasteiger partial charge is 0.257 e. The molecule has 2 aromatic carbocycles. The molecule has 1 aliphatic heterocycles. The second kappa shape index (κ2) is 9.81. The topological polar surface area (TPSA) is 69.7 Å². The van der Waals surface area contributed by atoms with Gasteiger partial charge >= 0.3 is 0 Å². The van der Waals surface area contributed by atoms with E-state index in [2.05, 4.69) is 10.2 Å². The highest BCUT2D eigenvalue weighted by atomic mass is 35.5. The molecule has 0 radical (unpaired) electrons. The van der Waals surface area contributed by atoms with E-state index < -0.39 is 15.9 Å². The number of sulfonamides is 1. The van der Waals surface area contributed by atoms with Gasteiger partial charge in [0.25, 0.3) is 5.91 Å². The number of carbonyl (C=O) groups is 1. The van der Waals surface area contributed by atoms with Gasteiger partial charge in [-0.05, 0) is 49.6 Å². The Morgan fingerprint density at radius 3 is 2.40 bits per heavy atom. The molecule has 8 heteroatoms. The average molecular weight is 450 g/mol. The molecule has 1 N–H and O–H groups in total. The summed E-state index contributed by atoms with van der Waals surface area (Å²) in [5.41, 5.74) is 1.80. The summed E-state index contributed by atoms with van der Waals surface area (Å²) in [6.45, 7) is 6.17. The van der Waals surface area contributed by atoms with E-state index in [-0.39, 0.29) is 15.5 Å². The highest BCUT2D eigenvalue weighted by Gasteiger charge is 2.24. The minimum atomic E-state index is -3.69. The van der Waals surface area contributed by atoms with Gasteiger partial charge in [-0.25, -0.2) is 8.42 Å². The first kappa shape index (κ1) is 22.6. The molecule has 0 atom stereocenters. The van der Waals surface area contributed by atoms with Crippen LogP contribution in [0.2, 0.25) is 5.02 Å². The van der Waals surface area contributed by atoms with Crippen LogP contribution >= 0.6 is 11.6 Å². The highest BCUT2D eigenvalue weighted by Crippen LogP contribution is 2.30. The number of piperidine rings is 1. The fourth-order valence-electron chi connectivity index (χ4n) is 3.73. The van der Waals surface area contributed by atoms with Gasteiger partial charge in [0.2, 0.25) is 10.0 Å². The van der Waals surface area contributed by atoms with E-state index in [1.165, 1.54) is 28.9 Å². The second-order valence-corrected chi connectivity index (χ2v) is 9.60. The standard InChI is InChI=1S/C22H28ClN3O3S/c1-3-26(4-2)30(28,29)17-12-13-19(23)18(16-17)22(27)24-20-10-6-7-11-21(20)25-14-8-5-9-15-25/h6-7,10-13,16H,3-5,8-9,14-15H2,1-2H3,(H,24,27). The van der Waals surface area contributed by atoms with Gasteiger partial charge in [-0.3, -0.25) is 4.79 Å². The number of halogens is 1. The monoisotopic (exact) mass is 449 g/mol. The summed E-state index contributed by atoms with van der Waals surface area (Å²) >= 11 is 6.26. The summed E-state index contributed by atoms with van der Waals surface area (Å²) in [6.07, 6.45) is 3.47. The summed E-state index contributed by atoms with van der Waals surface area (Å²) in [6, 6.07) is 11.9. The Morgan fingerprint density at radius 1 is 1.07 bits per heavy atom. The molecule has 0 bridgehead atoms. The lowest BCUT2D eigenvalue weighted by molar-refractivity contribution is 0.102. The lowest BCUT2D eigenvalue weighted by atomic mass is 10.1. The first-order valence-electron chi connectivity index (χ1n) is 10.3. The van der Waals surface area contributed by atoms with Crippen LogP contribution in [0.3, 0.4) is 0 Å². The lowest BCUT2D eigenvalue weighted by Gasteiger charge is -2.30. The molecule has 162 valence electrons. The van der Waals surface area contributed by atoms with Gasteiger partial charge in [0.05, 0.1) is 26.9 Å². The molecular weight excluding hydrogens is 422 g/mol. The fourth-order valence-corrected chi connectivity index (χ4v) is 5.42. The van der Waals surface area contributed by atoms with Crippen molar-refractivity contribution in [1.82, 2.24) is 4.31 Å². The van der Waals surface area contributed by atoms with Crippen LogP contribution in [0.1, 0.15) is 43.5 Å². The van der Waals surface area contributed by atoms with Gasteiger partial charge in [-0.2, -0.15) is 4.31 Å². The molecule has 30 heavy (non-hydrogen) atoms. The molecule has 1 heterocycles. The van der Waals surface area contributed by atoms with E-state index in [0.29, 0.717) is 18.8 Å². The molecule has 1 fully saturated rings. The molecule has 1 aliphatic rings. The fraction of sp³-hybridized carbons (Fsp3) is 0.409. The number of benzene rings is 2. The van der Waals surface area contributed by atoms with Gasteiger partial charge in [-0.15, -0.1) is 0 Å². The second-order valence-electron chi connectivity index (χ2n) is 7.25. The van der Waals surface area contributed by atoms with Gasteiger partial charge in [0, 0.05) is 26.2 Å². The maximum atomic E-state index is 13.0. The van der Waals surface area contributed by atoms with E-state index in [0.717, 1.165) is 31.6 Å². The quantitative estimate of drug-likeness (QED) is 0.669. The van der Waals surface area contributed by atoms with Gasteiger partial charge in [0.15, 0.2) is 0 Å². The van der Waals surface area contributed by atoms with Crippen LogP contribution in [0.4, 0.5) is 11.4 Å². The van der Waals surface area contributed by atoms with Crippen molar-refractivity contribution in [2.45, 2.75) is 38.0 Å². The predicted molar refractivity (Wildman–Crippen MR) is 122 cm³/mol. The van der Waals surface area contributed by atoms with Gasteiger partial charge in [0.1, 0.15) is 0 Å². The summed E-state index contributed by atoms with van der Waals surface area (Å²) in [5.74, 6) is -0.430. The average Bonchev–Trinajstić information content (AvgIpc) is 2.75. The van der Waals surface area contributed by atoms with Crippen molar-refractivity contribution in [1.29, 1.82) is 0 Å². The predicted octanol–water partition coefficient (Wildman–Crippen LogP) is 4.61. The highest BCUT2D eigenvalue weighted by molar-refractivity contribution is 7.89. The van der Waals surface area contributed by atoms with E-state index in [1.54, 1.807) is 13.8 Å². The minimum absolute atomic E-state index is 0.0602. The third-order valence-electron chi connectivity index (χ3n) is 5.37. The number of para-hydroxylation sites is 2. The van der Waals surface area contributed by atoms with Crippen LogP contribution in [-0.2, 0) is 10.0 Å². The van der Waals surface area contributed by atoms with Crippen molar-refractivity contribution in [2.75, 3.05) is 36.4 Å². The summed E-state index contributed by atoms with van der Waals surface area (Å²) in [7, 11) is -3.69. The van der Waals surface area contributed by atoms with Crippen molar-refractivity contribution in [2.24, 2.45) is 0 Å². The Labute approximate surface area is 183 Å². The number of nitrogens with zero attached hydrogens (tertiary/aromatic N) is 2. The van der Waals surface area contributed by atoms with Gasteiger partial charge in [-0.1, -0.05) is 37.6 Å². The molecule has 0 unspecified atom stereocenters. The van der Waals surface area contributed by atoms with E-state index in [4.69, 9.17) is 11.6 Å². The van der Waals surface area contributed by atoms with Gasteiger partial charge < -0.3 is 10.2 Å². The first-order chi connectivity index (χ1) is 14.4. The number of nitrogens with one attached hydrogen (secondary N) is 1. The zero-order chi connectivity index (χ0) is 21.7. The molecular formula is C22H28ClN3O3S. The normalized spacial score (nSPS) is 14.7. The molecule has 3 rings (SSSR count). The summed E-state index contributed by atoms with van der Waals surface area (Å²) in [4.78, 5) is 15.4. The van der Waals surface area contributed by atoms with Crippen LogP contribution in [0, 0.1) is 0 Å². The number of anilines is 2. The summed E-state index contributed by atoms with van der Waals surface area (Å²) in [5, 5.41) is 3.14. The van der Waals surface area contributed by atoms with Crippen LogP contribution in [-0.4, -0.2) is 44.8 Å². The number of carbonyl (C=O) groups excluding carboxylic acids is 1. The Balaban J connectivity index is 1.90. The minimum Gasteiger partial charge on any atom is -0.370 e. The molecule has 0 spiro atoms. The number of amides is 1. The van der Waals surface area contributed by atoms with E-state index in [9.17, 15) is 13.2 Å². The molecule has 1 amide bonds. The zero-order valence-corrected chi connectivity index (χ0v) is 19.0. The molecule has 0 aromatic heterocycles. The largest absolute Gasteiger partial charge is 0.370 e. The van der Waals surface area contributed by atoms with Crippen LogP contribution in [0.15, 0.2) is 47.4 Å². The molecule has 0 aliphatic carbocycles. The third kappa shape index (κ3) is 4.79. The Bertz CT molecular complexity index is 1000. The SMILES string of the molecule is CCN(CC)S(=O)(=O)c1ccc(Cl)c(C(=O)Nc2ccccc2N2CCCCC2)c1. The number of hydrogen-bond acceptors (Lipinski definition) is 4. The Kier molecular flexibility index (Phi) is 7.39. The Hall–Kier alpha value is -2.09. The van der Waals surface area contributed by atoms with E-state index in [1.807, 2.05) is 24.3 Å². The van der Waals surface area contributed by atoms with Crippen molar-refractivity contribution < 1.29 is 13.2 Å². The summed E-state index contributed by atoms with van der Waals surface area (Å²) < 4.78 is 27.0. The van der Waals surface area contributed by atoms with E-state index >= 15 is 0 Å². The van der Waals surface area contributed by atoms with Crippen molar-refractivity contribution in [3.63, 3.8) is 0 Å². The molecule has 2 aromatic rings. The molecule has 6 nitrogen and oxygen atoms in total. The number of hydrogen-bond donors (Lipinski definition) is 1. The first-order valence-corrected chi connectivity index (χ1v) is 12.1. The van der Waals surface area contributed by atoms with Crippen molar-refractivity contribution >= 4 is 38.9 Å². The number of rotatable bonds is 7. The van der Waals surface area contributed by atoms with Crippen LogP contribution in [0.5, 0.6) is 0 Å².